The Labute approximate surface area is 89.2 Å². The molecule has 0 aliphatic carbocycles. The Morgan fingerprint density at radius 2 is 1.92 bits per heavy atom. The summed E-state index contributed by atoms with van der Waals surface area (Å²) in [7, 11) is 0. The first-order chi connectivity index (χ1) is 6.13. The first-order valence-corrected chi connectivity index (χ1v) is 4.90. The van der Waals surface area contributed by atoms with Gasteiger partial charge in [-0.05, 0) is 25.0 Å². The van der Waals surface area contributed by atoms with E-state index in [2.05, 4.69) is 29.1 Å². The summed E-state index contributed by atoms with van der Waals surface area (Å²) in [5, 5.41) is 0. The highest BCUT2D eigenvalue weighted by Crippen LogP contribution is 2.20. The third kappa shape index (κ3) is 4.69. The minimum Gasteiger partial charge on any atom is -0.0991 e. The Hall–Kier alpha value is -0.820. The molecule has 1 heteroatoms. The summed E-state index contributed by atoms with van der Waals surface area (Å²) in [5.41, 5.74) is 2.13. The molecule has 13 heavy (non-hydrogen) atoms. The summed E-state index contributed by atoms with van der Waals surface area (Å²) in [6.07, 6.45) is 9.61. The molecule has 0 spiro atoms. The summed E-state index contributed by atoms with van der Waals surface area (Å²) in [4.78, 5) is 0. The molecule has 0 nitrogen and oxygen atoms in total. The summed E-state index contributed by atoms with van der Waals surface area (Å²) in [5.74, 6) is 0. The standard InChI is InChI=1S/C12H15Br/c1-5-7-9-11(10(3)4)12(13)8-6-2/h5-9H,1,3H2,2,4H3/b8-6-,9-7-,12-11+. The zero-order chi connectivity index (χ0) is 10.3. The summed E-state index contributed by atoms with van der Waals surface area (Å²) < 4.78 is 1.04. The van der Waals surface area contributed by atoms with Crippen molar-refractivity contribution in [2.45, 2.75) is 13.8 Å². The van der Waals surface area contributed by atoms with E-state index in [0.717, 1.165) is 15.6 Å². The molecule has 0 bridgehead atoms. The molecule has 0 aromatic rings. The lowest BCUT2D eigenvalue weighted by Crippen LogP contribution is -1.81. The van der Waals surface area contributed by atoms with E-state index < -0.39 is 0 Å². The molecule has 0 radical (unpaired) electrons. The molecule has 0 saturated heterocycles. The molecule has 0 rings (SSSR count). The Kier molecular flexibility index (Phi) is 6.25. The van der Waals surface area contributed by atoms with Gasteiger partial charge in [-0.25, -0.2) is 0 Å². The summed E-state index contributed by atoms with van der Waals surface area (Å²) >= 11 is 3.48. The maximum absolute atomic E-state index is 3.90. The second kappa shape index (κ2) is 6.67. The van der Waals surface area contributed by atoms with Gasteiger partial charge in [0.25, 0.3) is 0 Å². The Balaban J connectivity index is 4.98. The van der Waals surface area contributed by atoms with Crippen LogP contribution in [0.15, 0.2) is 59.2 Å². The highest BCUT2D eigenvalue weighted by molar-refractivity contribution is 9.11. The average molecular weight is 239 g/mol. The van der Waals surface area contributed by atoms with Gasteiger partial charge < -0.3 is 0 Å². The molecule has 0 amide bonds. The number of hydrogen-bond donors (Lipinski definition) is 0. The second-order valence-corrected chi connectivity index (χ2v) is 3.49. The normalized spacial score (nSPS) is 13.5. The minimum absolute atomic E-state index is 1.03. The Bertz CT molecular complexity index is 277. The molecule has 0 fully saturated rings. The van der Waals surface area contributed by atoms with Crippen molar-refractivity contribution in [3.8, 4) is 0 Å². The third-order valence-corrected chi connectivity index (χ3v) is 2.12. The van der Waals surface area contributed by atoms with Gasteiger partial charge in [0.1, 0.15) is 0 Å². The van der Waals surface area contributed by atoms with Crippen molar-refractivity contribution in [2.24, 2.45) is 0 Å². The smallest absolute Gasteiger partial charge is 0.0246 e. The van der Waals surface area contributed by atoms with Crippen molar-refractivity contribution >= 4 is 15.9 Å². The van der Waals surface area contributed by atoms with E-state index in [4.69, 9.17) is 0 Å². The van der Waals surface area contributed by atoms with E-state index >= 15 is 0 Å². The molecule has 0 N–H and O–H groups in total. The lowest BCUT2D eigenvalue weighted by Gasteiger charge is -2.02. The lowest BCUT2D eigenvalue weighted by molar-refractivity contribution is 1.44. The molecule has 0 saturated carbocycles. The number of hydrogen-bond acceptors (Lipinski definition) is 0. The molecule has 0 atom stereocenters. The molecule has 0 aliphatic rings. The van der Waals surface area contributed by atoms with Crippen molar-refractivity contribution in [3.63, 3.8) is 0 Å². The number of halogens is 1. The van der Waals surface area contributed by atoms with Gasteiger partial charge in [0.2, 0.25) is 0 Å². The van der Waals surface area contributed by atoms with Crippen LogP contribution < -0.4 is 0 Å². The molecule has 0 aliphatic heterocycles. The zero-order valence-corrected chi connectivity index (χ0v) is 9.76. The fourth-order valence-electron chi connectivity index (χ4n) is 0.826. The van der Waals surface area contributed by atoms with Crippen molar-refractivity contribution < 1.29 is 0 Å². The molecule has 0 unspecified atom stereocenters. The van der Waals surface area contributed by atoms with Crippen LogP contribution in [0, 0.1) is 0 Å². The third-order valence-electron chi connectivity index (χ3n) is 1.43. The van der Waals surface area contributed by atoms with Crippen LogP contribution in [-0.2, 0) is 0 Å². The molecule has 0 aromatic carbocycles. The quantitative estimate of drug-likeness (QED) is 0.632. The maximum Gasteiger partial charge on any atom is 0.0246 e. The highest BCUT2D eigenvalue weighted by Gasteiger charge is 1.97. The van der Waals surface area contributed by atoms with Gasteiger partial charge in [0.15, 0.2) is 0 Å². The van der Waals surface area contributed by atoms with E-state index in [1.54, 1.807) is 6.08 Å². The van der Waals surface area contributed by atoms with Crippen LogP contribution in [0.1, 0.15) is 13.8 Å². The average Bonchev–Trinajstić information content (AvgIpc) is 2.05. The van der Waals surface area contributed by atoms with E-state index in [0.29, 0.717) is 0 Å². The van der Waals surface area contributed by atoms with Crippen molar-refractivity contribution in [1.29, 1.82) is 0 Å². The van der Waals surface area contributed by atoms with Gasteiger partial charge in [0.05, 0.1) is 0 Å². The van der Waals surface area contributed by atoms with Gasteiger partial charge in [-0.1, -0.05) is 59.5 Å². The van der Waals surface area contributed by atoms with E-state index in [1.807, 2.05) is 38.2 Å². The maximum atomic E-state index is 3.90. The van der Waals surface area contributed by atoms with Gasteiger partial charge in [0, 0.05) is 4.48 Å². The van der Waals surface area contributed by atoms with Gasteiger partial charge in [-0.3, -0.25) is 0 Å². The predicted molar refractivity (Wildman–Crippen MR) is 64.9 cm³/mol. The first kappa shape index (κ1) is 12.2. The van der Waals surface area contributed by atoms with Crippen LogP contribution in [0.25, 0.3) is 0 Å². The van der Waals surface area contributed by atoms with Crippen LogP contribution in [0.4, 0.5) is 0 Å². The molecular formula is C12H15Br. The molecule has 0 aromatic heterocycles. The SMILES string of the molecule is C=C\C=C/C(C(=C)C)=C(Br)/C=C\C. The summed E-state index contributed by atoms with van der Waals surface area (Å²) in [6.45, 7) is 11.5. The van der Waals surface area contributed by atoms with Gasteiger partial charge >= 0.3 is 0 Å². The highest BCUT2D eigenvalue weighted by atomic mass is 79.9. The van der Waals surface area contributed by atoms with Crippen LogP contribution in [-0.4, -0.2) is 0 Å². The van der Waals surface area contributed by atoms with Crippen LogP contribution in [0.5, 0.6) is 0 Å². The first-order valence-electron chi connectivity index (χ1n) is 4.11. The zero-order valence-electron chi connectivity index (χ0n) is 8.18. The Morgan fingerprint density at radius 1 is 1.31 bits per heavy atom. The molecule has 0 heterocycles. The second-order valence-electron chi connectivity index (χ2n) is 2.64. The molecule has 70 valence electrons. The van der Waals surface area contributed by atoms with Crippen LogP contribution in [0.2, 0.25) is 0 Å². The van der Waals surface area contributed by atoms with Crippen molar-refractivity contribution in [2.75, 3.05) is 0 Å². The van der Waals surface area contributed by atoms with E-state index in [-0.39, 0.29) is 0 Å². The fourth-order valence-corrected chi connectivity index (χ4v) is 1.56. The van der Waals surface area contributed by atoms with Gasteiger partial charge in [-0.15, -0.1) is 0 Å². The van der Waals surface area contributed by atoms with E-state index in [9.17, 15) is 0 Å². The van der Waals surface area contributed by atoms with Crippen LogP contribution >= 0.6 is 15.9 Å². The topological polar surface area (TPSA) is 0 Å². The van der Waals surface area contributed by atoms with Crippen molar-refractivity contribution in [3.05, 3.63) is 59.2 Å². The van der Waals surface area contributed by atoms with Crippen molar-refractivity contribution in [1.82, 2.24) is 0 Å². The van der Waals surface area contributed by atoms with Gasteiger partial charge in [-0.2, -0.15) is 0 Å². The minimum atomic E-state index is 1.03. The van der Waals surface area contributed by atoms with Crippen LogP contribution in [0.3, 0.4) is 0 Å². The summed E-state index contributed by atoms with van der Waals surface area (Å²) in [6, 6.07) is 0. The molecular weight excluding hydrogens is 224 g/mol. The fraction of sp³-hybridized carbons (Fsp3) is 0.167. The van der Waals surface area contributed by atoms with E-state index in [1.165, 1.54) is 0 Å². The Morgan fingerprint density at radius 3 is 2.31 bits per heavy atom. The number of allylic oxidation sites excluding steroid dienone is 8. The monoisotopic (exact) mass is 238 g/mol. The lowest BCUT2D eigenvalue weighted by atomic mass is 10.1. The largest absolute Gasteiger partial charge is 0.0991 e. The number of rotatable bonds is 4. The predicted octanol–water partition coefficient (Wildman–Crippen LogP) is 4.53.